The van der Waals surface area contributed by atoms with Crippen LogP contribution in [0.15, 0.2) is 0 Å². The topological polar surface area (TPSA) is 101 Å². The van der Waals surface area contributed by atoms with Crippen molar-refractivity contribution in [1.82, 2.24) is 4.90 Å². The van der Waals surface area contributed by atoms with E-state index in [2.05, 4.69) is 0 Å². The first-order valence-corrected chi connectivity index (χ1v) is 11.2. The Morgan fingerprint density at radius 1 is 1.00 bits per heavy atom. The number of hydrogen-bond donors (Lipinski definition) is 0. The van der Waals surface area contributed by atoms with Gasteiger partial charge in [-0.3, -0.25) is 4.79 Å². The molecule has 0 aromatic rings. The van der Waals surface area contributed by atoms with Gasteiger partial charge in [-0.05, 0) is 73.1 Å². The highest BCUT2D eigenvalue weighted by Gasteiger charge is 2.34. The second kappa shape index (κ2) is 11.7. The fraction of sp³-hybridized carbons (Fsp3) is 0.864. The van der Waals surface area contributed by atoms with Gasteiger partial charge in [0, 0.05) is 13.1 Å². The largest absolute Gasteiger partial charge is 0.512 e. The molecule has 0 aromatic heterocycles. The summed E-state index contributed by atoms with van der Waals surface area (Å²) >= 11 is 0. The van der Waals surface area contributed by atoms with E-state index in [-0.39, 0.29) is 18.0 Å². The lowest BCUT2D eigenvalue weighted by Crippen LogP contribution is -2.43. The highest BCUT2D eigenvalue weighted by Crippen LogP contribution is 2.29. The van der Waals surface area contributed by atoms with Crippen molar-refractivity contribution in [1.29, 1.82) is 0 Å². The van der Waals surface area contributed by atoms with Gasteiger partial charge in [-0.15, -0.1) is 0 Å². The molecular weight excluding hydrogens is 406 g/mol. The van der Waals surface area contributed by atoms with Crippen LogP contribution in [0.2, 0.25) is 0 Å². The average molecular weight is 444 g/mol. The summed E-state index contributed by atoms with van der Waals surface area (Å²) in [5.41, 5.74) is -0.678. The summed E-state index contributed by atoms with van der Waals surface area (Å²) in [7, 11) is 0. The molecule has 31 heavy (non-hydrogen) atoms. The Bertz CT molecular complexity index is 603. The van der Waals surface area contributed by atoms with E-state index >= 15 is 0 Å². The molecule has 1 saturated carbocycles. The maximum Gasteiger partial charge on any atom is 0.512 e. The lowest BCUT2D eigenvalue weighted by molar-refractivity contribution is -0.228. The van der Waals surface area contributed by atoms with E-state index in [1.165, 1.54) is 6.92 Å². The lowest BCUT2D eigenvalue weighted by Gasteiger charge is -2.33. The maximum absolute atomic E-state index is 12.3. The monoisotopic (exact) mass is 443 g/mol. The molecule has 1 aliphatic carbocycles. The summed E-state index contributed by atoms with van der Waals surface area (Å²) in [6.45, 7) is 10.3. The minimum absolute atomic E-state index is 0.106. The SMILES string of the molecule is CCOC(=O)C1CCC(OC(OC(=O)OC(C)C(=O)OC(C)(C)C)N2CCCC2)CC1. The van der Waals surface area contributed by atoms with E-state index in [9.17, 15) is 14.4 Å². The van der Waals surface area contributed by atoms with Gasteiger partial charge in [-0.1, -0.05) is 0 Å². The quantitative estimate of drug-likeness (QED) is 0.317. The van der Waals surface area contributed by atoms with Crippen LogP contribution < -0.4 is 0 Å². The molecule has 0 radical (unpaired) electrons. The summed E-state index contributed by atoms with van der Waals surface area (Å²) in [5, 5.41) is 0. The van der Waals surface area contributed by atoms with Gasteiger partial charge in [0.1, 0.15) is 5.60 Å². The number of carbonyl (C=O) groups is 3. The molecule has 9 nitrogen and oxygen atoms in total. The van der Waals surface area contributed by atoms with Gasteiger partial charge in [0.05, 0.1) is 18.6 Å². The van der Waals surface area contributed by atoms with Crippen molar-refractivity contribution in [2.24, 2.45) is 5.92 Å². The first kappa shape index (κ1) is 25.4. The van der Waals surface area contributed by atoms with Crippen LogP contribution in [0.25, 0.3) is 0 Å². The van der Waals surface area contributed by atoms with Gasteiger partial charge in [-0.2, -0.15) is 0 Å². The van der Waals surface area contributed by atoms with Crippen molar-refractivity contribution in [3.63, 3.8) is 0 Å². The summed E-state index contributed by atoms with van der Waals surface area (Å²) in [6, 6.07) is 0. The minimum Gasteiger partial charge on any atom is -0.466 e. The first-order valence-electron chi connectivity index (χ1n) is 11.2. The lowest BCUT2D eigenvalue weighted by atomic mass is 9.87. The van der Waals surface area contributed by atoms with E-state index in [1.54, 1.807) is 27.7 Å². The number of hydrogen-bond acceptors (Lipinski definition) is 9. The zero-order chi connectivity index (χ0) is 23.0. The fourth-order valence-electron chi connectivity index (χ4n) is 3.69. The minimum atomic E-state index is -1.09. The van der Waals surface area contributed by atoms with Crippen molar-refractivity contribution in [3.05, 3.63) is 0 Å². The van der Waals surface area contributed by atoms with Crippen LogP contribution in [-0.4, -0.2) is 66.9 Å². The highest BCUT2D eigenvalue weighted by atomic mass is 16.8. The zero-order valence-electron chi connectivity index (χ0n) is 19.4. The molecular formula is C22H37NO8. The molecule has 0 aromatic carbocycles. The van der Waals surface area contributed by atoms with Crippen LogP contribution in [0.1, 0.15) is 73.1 Å². The Morgan fingerprint density at radius 2 is 1.61 bits per heavy atom. The molecule has 1 saturated heterocycles. The van der Waals surface area contributed by atoms with Crippen molar-refractivity contribution in [2.75, 3.05) is 19.7 Å². The van der Waals surface area contributed by atoms with Gasteiger partial charge in [-0.25, -0.2) is 14.5 Å². The second-order valence-corrected chi connectivity index (χ2v) is 9.07. The van der Waals surface area contributed by atoms with Crippen LogP contribution in [-0.2, 0) is 33.3 Å². The molecule has 1 aliphatic heterocycles. The Morgan fingerprint density at radius 3 is 2.16 bits per heavy atom. The number of ether oxygens (including phenoxy) is 5. The summed E-state index contributed by atoms with van der Waals surface area (Å²) in [5.74, 6) is -0.904. The van der Waals surface area contributed by atoms with Gasteiger partial charge in [0.15, 0.2) is 6.10 Å². The number of carbonyl (C=O) groups excluding carboxylic acids is 3. The summed E-state index contributed by atoms with van der Waals surface area (Å²) in [4.78, 5) is 38.2. The predicted octanol–water partition coefficient (Wildman–Crippen LogP) is 3.39. The van der Waals surface area contributed by atoms with Crippen LogP contribution in [0, 0.1) is 5.92 Å². The van der Waals surface area contributed by atoms with E-state index in [4.69, 9.17) is 23.7 Å². The summed E-state index contributed by atoms with van der Waals surface area (Å²) < 4.78 is 27.0. The van der Waals surface area contributed by atoms with Gasteiger partial charge >= 0.3 is 18.1 Å². The average Bonchev–Trinajstić information content (AvgIpc) is 3.21. The Labute approximate surface area is 184 Å². The third-order valence-electron chi connectivity index (χ3n) is 5.25. The molecule has 0 spiro atoms. The first-order chi connectivity index (χ1) is 14.6. The molecule has 0 N–H and O–H groups in total. The Hall–Kier alpha value is -1.87. The standard InChI is InChI=1S/C22H37NO8/c1-6-27-19(25)16-9-11-17(12-10-16)29-20(23-13-7-8-14-23)30-21(26)28-15(2)18(24)31-22(3,4)5/h15-17,20H,6-14H2,1-5H3. The smallest absolute Gasteiger partial charge is 0.466 e. The van der Waals surface area contributed by atoms with Crippen LogP contribution in [0.4, 0.5) is 4.79 Å². The summed E-state index contributed by atoms with van der Waals surface area (Å²) in [6.07, 6.45) is 1.61. The maximum atomic E-state index is 12.3. The molecule has 0 amide bonds. The number of esters is 2. The van der Waals surface area contributed by atoms with Crippen molar-refractivity contribution in [2.45, 2.75) is 97.4 Å². The molecule has 0 bridgehead atoms. The molecule has 9 heteroatoms. The predicted molar refractivity (Wildman–Crippen MR) is 111 cm³/mol. The van der Waals surface area contributed by atoms with Crippen molar-refractivity contribution < 1.29 is 38.1 Å². The Balaban J connectivity index is 1.87. The number of rotatable bonds is 8. The fourth-order valence-corrected chi connectivity index (χ4v) is 3.69. The molecule has 2 atom stereocenters. The third-order valence-corrected chi connectivity index (χ3v) is 5.25. The van der Waals surface area contributed by atoms with E-state index in [0.717, 1.165) is 25.9 Å². The number of likely N-dealkylation sites (tertiary alicyclic amines) is 1. The van der Waals surface area contributed by atoms with E-state index in [0.29, 0.717) is 32.3 Å². The zero-order valence-corrected chi connectivity index (χ0v) is 19.4. The van der Waals surface area contributed by atoms with Crippen LogP contribution >= 0.6 is 0 Å². The van der Waals surface area contributed by atoms with E-state index in [1.807, 2.05) is 4.90 Å². The Kier molecular flexibility index (Phi) is 9.55. The van der Waals surface area contributed by atoms with Crippen molar-refractivity contribution >= 4 is 18.1 Å². The normalized spacial score (nSPS) is 24.2. The van der Waals surface area contributed by atoms with Gasteiger partial charge in [0.2, 0.25) is 0 Å². The number of nitrogens with zero attached hydrogens (tertiary/aromatic N) is 1. The second-order valence-electron chi connectivity index (χ2n) is 9.07. The molecule has 1 heterocycles. The van der Waals surface area contributed by atoms with Gasteiger partial charge < -0.3 is 23.7 Å². The van der Waals surface area contributed by atoms with Gasteiger partial charge in [0.25, 0.3) is 6.41 Å². The van der Waals surface area contributed by atoms with Crippen LogP contribution in [0.3, 0.4) is 0 Å². The molecule has 2 rings (SSSR count). The molecule has 2 unspecified atom stereocenters. The van der Waals surface area contributed by atoms with E-state index < -0.39 is 30.2 Å². The molecule has 2 fully saturated rings. The molecule has 178 valence electrons. The highest BCUT2D eigenvalue weighted by molar-refractivity contribution is 5.77. The third kappa shape index (κ3) is 8.65. The molecule has 2 aliphatic rings. The van der Waals surface area contributed by atoms with Crippen molar-refractivity contribution in [3.8, 4) is 0 Å². The van der Waals surface area contributed by atoms with Crippen LogP contribution in [0.5, 0.6) is 0 Å².